The van der Waals surface area contributed by atoms with E-state index >= 15 is 0 Å². The molecule has 0 saturated carbocycles. The van der Waals surface area contributed by atoms with Crippen molar-refractivity contribution in [1.29, 1.82) is 0 Å². The van der Waals surface area contributed by atoms with Gasteiger partial charge in [0.1, 0.15) is 5.82 Å². The number of hydrogen-bond acceptors (Lipinski definition) is 0. The second kappa shape index (κ2) is 4.79. The van der Waals surface area contributed by atoms with Gasteiger partial charge in [-0.05, 0) is 48.9 Å². The van der Waals surface area contributed by atoms with Crippen LogP contribution in [0, 0.1) is 25.6 Å². The second-order valence-electron chi connectivity index (χ2n) is 4.01. The lowest BCUT2D eigenvalue weighted by Crippen LogP contribution is -2.05. The molecule has 2 heteroatoms. The van der Waals surface area contributed by atoms with E-state index in [-0.39, 0.29) is 5.82 Å². The van der Waals surface area contributed by atoms with E-state index in [0.29, 0.717) is 11.8 Å². The second-order valence-corrected chi connectivity index (χ2v) is 4.31. The molecule has 1 aromatic carbocycles. The normalized spacial score (nSPS) is 12.9. The third kappa shape index (κ3) is 2.71. The van der Waals surface area contributed by atoms with Gasteiger partial charge in [0.2, 0.25) is 0 Å². The van der Waals surface area contributed by atoms with Crippen molar-refractivity contribution in [3.05, 3.63) is 34.6 Å². The summed E-state index contributed by atoms with van der Waals surface area (Å²) >= 11 is 5.72. The maximum atomic E-state index is 13.6. The lowest BCUT2D eigenvalue weighted by atomic mass is 9.96. The molecular formula is C12H16ClF. The highest BCUT2D eigenvalue weighted by molar-refractivity contribution is 6.18. The monoisotopic (exact) mass is 214 g/mol. The van der Waals surface area contributed by atoms with Crippen molar-refractivity contribution < 1.29 is 4.39 Å². The van der Waals surface area contributed by atoms with Crippen LogP contribution in [0.4, 0.5) is 4.39 Å². The van der Waals surface area contributed by atoms with E-state index in [1.54, 1.807) is 6.07 Å². The fraction of sp³-hybridized carbons (Fsp3) is 0.500. The van der Waals surface area contributed by atoms with Crippen molar-refractivity contribution in [3.63, 3.8) is 0 Å². The van der Waals surface area contributed by atoms with Crippen molar-refractivity contribution in [2.24, 2.45) is 5.92 Å². The first-order valence-electron chi connectivity index (χ1n) is 4.86. The van der Waals surface area contributed by atoms with Gasteiger partial charge < -0.3 is 0 Å². The number of halogens is 2. The number of rotatable bonds is 3. The van der Waals surface area contributed by atoms with Crippen LogP contribution in [0.2, 0.25) is 0 Å². The summed E-state index contributed by atoms with van der Waals surface area (Å²) in [5.74, 6) is 0.805. The van der Waals surface area contributed by atoms with Gasteiger partial charge >= 0.3 is 0 Å². The molecule has 0 aliphatic rings. The molecule has 0 fully saturated rings. The first-order chi connectivity index (χ1) is 6.54. The zero-order chi connectivity index (χ0) is 10.7. The molecule has 78 valence electrons. The highest BCUT2D eigenvalue weighted by Gasteiger charge is 2.10. The highest BCUT2D eigenvalue weighted by atomic mass is 35.5. The van der Waals surface area contributed by atoms with Crippen LogP contribution in [0.5, 0.6) is 0 Å². The van der Waals surface area contributed by atoms with Gasteiger partial charge in [-0.1, -0.05) is 13.0 Å². The maximum Gasteiger partial charge on any atom is 0.126 e. The fourth-order valence-electron chi connectivity index (χ4n) is 1.61. The summed E-state index contributed by atoms with van der Waals surface area (Å²) in [4.78, 5) is 0. The predicted molar refractivity (Wildman–Crippen MR) is 59.5 cm³/mol. The Balaban J connectivity index is 2.96. The summed E-state index contributed by atoms with van der Waals surface area (Å²) in [6.45, 7) is 5.89. The summed E-state index contributed by atoms with van der Waals surface area (Å²) in [5.41, 5.74) is 2.81. The summed E-state index contributed by atoms with van der Waals surface area (Å²) in [6.07, 6.45) is 0.724. The van der Waals surface area contributed by atoms with Gasteiger partial charge in [-0.3, -0.25) is 0 Å². The molecule has 1 rings (SSSR count). The summed E-state index contributed by atoms with van der Waals surface area (Å²) in [7, 11) is 0. The minimum Gasteiger partial charge on any atom is -0.207 e. The first kappa shape index (κ1) is 11.5. The van der Waals surface area contributed by atoms with Crippen LogP contribution < -0.4 is 0 Å². The van der Waals surface area contributed by atoms with Gasteiger partial charge in [0.05, 0.1) is 0 Å². The van der Waals surface area contributed by atoms with Crippen LogP contribution >= 0.6 is 11.6 Å². The van der Waals surface area contributed by atoms with Crippen LogP contribution in [0.3, 0.4) is 0 Å². The molecule has 0 bridgehead atoms. The molecule has 0 heterocycles. The largest absolute Gasteiger partial charge is 0.207 e. The molecule has 0 aliphatic carbocycles. The minimum absolute atomic E-state index is 0.0977. The average Bonchev–Trinajstić information content (AvgIpc) is 2.10. The third-order valence-electron chi connectivity index (χ3n) is 2.38. The van der Waals surface area contributed by atoms with E-state index in [1.165, 1.54) is 0 Å². The Labute approximate surface area is 90.1 Å². The molecule has 1 atom stereocenters. The van der Waals surface area contributed by atoms with Gasteiger partial charge in [0.25, 0.3) is 0 Å². The van der Waals surface area contributed by atoms with Crippen LogP contribution in [0.1, 0.15) is 23.6 Å². The average molecular weight is 215 g/mol. The van der Waals surface area contributed by atoms with E-state index in [9.17, 15) is 4.39 Å². The Morgan fingerprint density at radius 3 is 2.50 bits per heavy atom. The van der Waals surface area contributed by atoms with Crippen LogP contribution in [0.15, 0.2) is 12.1 Å². The van der Waals surface area contributed by atoms with E-state index < -0.39 is 0 Å². The Hall–Kier alpha value is -0.560. The first-order valence-corrected chi connectivity index (χ1v) is 5.39. The van der Waals surface area contributed by atoms with Crippen molar-refractivity contribution in [1.82, 2.24) is 0 Å². The quantitative estimate of drug-likeness (QED) is 0.671. The summed E-state index contributed by atoms with van der Waals surface area (Å²) in [6, 6.07) is 3.60. The number of benzene rings is 1. The van der Waals surface area contributed by atoms with E-state index in [0.717, 1.165) is 23.1 Å². The molecule has 1 unspecified atom stereocenters. The Morgan fingerprint density at radius 1 is 1.36 bits per heavy atom. The molecular weight excluding hydrogens is 199 g/mol. The SMILES string of the molecule is Cc1cc(C)c(CC(C)CCl)c(F)c1. The number of aryl methyl sites for hydroxylation is 2. The molecule has 0 aliphatic heterocycles. The van der Waals surface area contributed by atoms with Gasteiger partial charge in [-0.15, -0.1) is 11.6 Å². The molecule has 0 radical (unpaired) electrons. The smallest absolute Gasteiger partial charge is 0.126 e. The Kier molecular flexibility index (Phi) is 3.94. The number of alkyl halides is 1. The van der Waals surface area contributed by atoms with E-state index in [1.807, 2.05) is 26.8 Å². The third-order valence-corrected chi connectivity index (χ3v) is 2.91. The fourth-order valence-corrected chi connectivity index (χ4v) is 1.72. The predicted octanol–water partition coefficient (Wildman–Crippen LogP) is 3.86. The van der Waals surface area contributed by atoms with Crippen molar-refractivity contribution in [2.75, 3.05) is 5.88 Å². The van der Waals surface area contributed by atoms with Crippen molar-refractivity contribution >= 4 is 11.6 Å². The lowest BCUT2D eigenvalue weighted by molar-refractivity contribution is 0.573. The standard InChI is InChI=1S/C12H16ClF/c1-8-4-10(3)11(12(14)6-8)5-9(2)7-13/h4,6,9H,5,7H2,1-3H3. The van der Waals surface area contributed by atoms with Crippen molar-refractivity contribution in [3.8, 4) is 0 Å². The zero-order valence-corrected chi connectivity index (χ0v) is 9.66. The molecule has 0 amide bonds. The highest BCUT2D eigenvalue weighted by Crippen LogP contribution is 2.19. The topological polar surface area (TPSA) is 0 Å². The summed E-state index contributed by atoms with van der Waals surface area (Å²) < 4.78 is 13.6. The molecule has 0 saturated heterocycles. The molecule has 1 aromatic rings. The Morgan fingerprint density at radius 2 is 2.00 bits per heavy atom. The van der Waals surface area contributed by atoms with Gasteiger partial charge in [-0.25, -0.2) is 4.39 Å². The Bertz CT molecular complexity index is 297. The summed E-state index contributed by atoms with van der Waals surface area (Å²) in [5, 5.41) is 0. The van der Waals surface area contributed by atoms with E-state index in [4.69, 9.17) is 11.6 Å². The van der Waals surface area contributed by atoms with E-state index in [2.05, 4.69) is 0 Å². The minimum atomic E-state index is -0.0977. The van der Waals surface area contributed by atoms with Crippen LogP contribution in [0.25, 0.3) is 0 Å². The molecule has 0 spiro atoms. The maximum absolute atomic E-state index is 13.6. The van der Waals surface area contributed by atoms with Gasteiger partial charge in [-0.2, -0.15) is 0 Å². The van der Waals surface area contributed by atoms with Gasteiger partial charge in [0, 0.05) is 5.88 Å². The number of hydrogen-bond donors (Lipinski definition) is 0. The van der Waals surface area contributed by atoms with Crippen LogP contribution in [-0.4, -0.2) is 5.88 Å². The molecule has 0 aromatic heterocycles. The lowest BCUT2D eigenvalue weighted by Gasteiger charge is -2.12. The van der Waals surface area contributed by atoms with Crippen molar-refractivity contribution in [2.45, 2.75) is 27.2 Å². The zero-order valence-electron chi connectivity index (χ0n) is 8.90. The van der Waals surface area contributed by atoms with Gasteiger partial charge in [0.15, 0.2) is 0 Å². The van der Waals surface area contributed by atoms with Crippen LogP contribution in [-0.2, 0) is 6.42 Å². The molecule has 14 heavy (non-hydrogen) atoms. The molecule has 0 N–H and O–H groups in total. The molecule has 0 nitrogen and oxygen atoms in total.